The summed E-state index contributed by atoms with van der Waals surface area (Å²) in [6.07, 6.45) is 2.79. The summed E-state index contributed by atoms with van der Waals surface area (Å²) < 4.78 is 0. The van der Waals surface area contributed by atoms with E-state index in [0.29, 0.717) is 12.3 Å². The van der Waals surface area contributed by atoms with E-state index in [1.807, 2.05) is 19.1 Å². The monoisotopic (exact) mass is 364 g/mol. The fourth-order valence-corrected chi connectivity index (χ4v) is 4.02. The number of aromatic nitrogens is 2. The molecule has 1 aromatic heterocycles. The highest BCUT2D eigenvalue weighted by molar-refractivity contribution is 5.79. The molecule has 5 heteroatoms. The molecule has 0 radical (unpaired) electrons. The Kier molecular flexibility index (Phi) is 4.62. The number of amides is 1. The largest absolute Gasteiger partial charge is 0.352 e. The Hall–Kier alpha value is -2.43. The fourth-order valence-electron chi connectivity index (χ4n) is 4.02. The molecular weight excluding hydrogens is 336 g/mol. The number of anilines is 1. The molecule has 1 aromatic carbocycles. The fraction of sp³-hybridized carbons (Fsp3) is 0.500. The van der Waals surface area contributed by atoms with Crippen molar-refractivity contribution < 1.29 is 4.79 Å². The Morgan fingerprint density at radius 1 is 1.19 bits per heavy atom. The summed E-state index contributed by atoms with van der Waals surface area (Å²) in [4.78, 5) is 14.9. The topological polar surface area (TPSA) is 58.1 Å². The summed E-state index contributed by atoms with van der Waals surface area (Å²) in [5.74, 6) is 1.53. The molecular formula is C22H28N4O. The van der Waals surface area contributed by atoms with Gasteiger partial charge in [0, 0.05) is 18.5 Å². The molecule has 1 atom stereocenters. The molecule has 1 spiro atoms. The van der Waals surface area contributed by atoms with Crippen molar-refractivity contribution in [1.29, 1.82) is 0 Å². The number of hydrogen-bond donors (Lipinski definition) is 1. The second-order valence-corrected chi connectivity index (χ2v) is 8.47. The van der Waals surface area contributed by atoms with E-state index in [-0.39, 0.29) is 17.4 Å². The molecule has 0 unspecified atom stereocenters. The predicted octanol–water partition coefficient (Wildman–Crippen LogP) is 3.24. The lowest BCUT2D eigenvalue weighted by atomic mass is 9.99. The summed E-state index contributed by atoms with van der Waals surface area (Å²) in [7, 11) is 0. The van der Waals surface area contributed by atoms with Crippen molar-refractivity contribution >= 4 is 11.7 Å². The summed E-state index contributed by atoms with van der Waals surface area (Å²) in [6, 6.07) is 12.6. The van der Waals surface area contributed by atoms with Crippen molar-refractivity contribution in [3.63, 3.8) is 0 Å². The van der Waals surface area contributed by atoms with Crippen molar-refractivity contribution in [3.8, 4) is 0 Å². The number of rotatable bonds is 5. The number of carbonyl (C=O) groups is 1. The maximum atomic E-state index is 12.6. The average Bonchev–Trinajstić information content (AvgIpc) is 3.33. The van der Waals surface area contributed by atoms with Crippen molar-refractivity contribution in [2.45, 2.75) is 52.0 Å². The van der Waals surface area contributed by atoms with Crippen LogP contribution in [0.3, 0.4) is 0 Å². The van der Waals surface area contributed by atoms with E-state index in [1.54, 1.807) is 0 Å². The van der Waals surface area contributed by atoms with Gasteiger partial charge in [-0.25, -0.2) is 0 Å². The number of carbonyl (C=O) groups excluding carboxylic acids is 1. The average molecular weight is 364 g/mol. The first-order chi connectivity index (χ1) is 12.9. The van der Waals surface area contributed by atoms with Gasteiger partial charge >= 0.3 is 0 Å². The van der Waals surface area contributed by atoms with Gasteiger partial charge in [0.15, 0.2) is 5.82 Å². The smallest absolute Gasteiger partial charge is 0.224 e. The summed E-state index contributed by atoms with van der Waals surface area (Å²) >= 11 is 0. The zero-order chi connectivity index (χ0) is 19.0. The molecule has 27 heavy (non-hydrogen) atoms. The lowest BCUT2D eigenvalue weighted by Crippen LogP contribution is -2.42. The van der Waals surface area contributed by atoms with Crippen LogP contribution in [0.25, 0.3) is 0 Å². The maximum absolute atomic E-state index is 12.6. The van der Waals surface area contributed by atoms with Gasteiger partial charge in [0.2, 0.25) is 5.91 Å². The second-order valence-electron chi connectivity index (χ2n) is 8.47. The third-order valence-corrected chi connectivity index (χ3v) is 5.99. The zero-order valence-corrected chi connectivity index (χ0v) is 16.4. The van der Waals surface area contributed by atoms with E-state index < -0.39 is 0 Å². The molecule has 1 amide bonds. The van der Waals surface area contributed by atoms with E-state index in [4.69, 9.17) is 0 Å². The van der Waals surface area contributed by atoms with E-state index >= 15 is 0 Å². The second kappa shape index (κ2) is 6.95. The maximum Gasteiger partial charge on any atom is 0.224 e. The van der Waals surface area contributed by atoms with Crippen LogP contribution >= 0.6 is 0 Å². The molecule has 142 valence electrons. The van der Waals surface area contributed by atoms with Gasteiger partial charge in [-0.1, -0.05) is 38.1 Å². The molecule has 5 nitrogen and oxygen atoms in total. The first-order valence-electron chi connectivity index (χ1n) is 9.89. The van der Waals surface area contributed by atoms with Crippen molar-refractivity contribution in [2.75, 3.05) is 18.0 Å². The lowest BCUT2D eigenvalue weighted by Gasteiger charge is -2.19. The lowest BCUT2D eigenvalue weighted by molar-refractivity contribution is -0.121. The SMILES string of the molecule is Cc1ccc(N2C[C@H](NC(=O)Cc3ccc(C(C)C)cc3)C3(CC3)C2)nn1. The molecule has 4 rings (SSSR count). The van der Waals surface area contributed by atoms with Gasteiger partial charge < -0.3 is 10.2 Å². The standard InChI is InChI=1S/C22H28N4O/c1-15(2)18-7-5-17(6-8-18)12-21(27)23-19-13-26(14-22(19)10-11-22)20-9-4-16(3)24-25-20/h4-9,15,19H,10-14H2,1-3H3,(H,23,27)/t19-/m0/s1. The quantitative estimate of drug-likeness (QED) is 0.885. The van der Waals surface area contributed by atoms with Crippen molar-refractivity contribution in [2.24, 2.45) is 5.41 Å². The summed E-state index contributed by atoms with van der Waals surface area (Å²) in [5, 5.41) is 11.8. The summed E-state index contributed by atoms with van der Waals surface area (Å²) in [5.41, 5.74) is 3.53. The highest BCUT2D eigenvalue weighted by atomic mass is 16.1. The van der Waals surface area contributed by atoms with Crippen LogP contribution < -0.4 is 10.2 Å². The minimum atomic E-state index is 0.111. The highest BCUT2D eigenvalue weighted by Gasteiger charge is 2.55. The predicted molar refractivity (Wildman–Crippen MR) is 107 cm³/mol. The number of benzene rings is 1. The normalized spacial score (nSPS) is 20.3. The van der Waals surface area contributed by atoms with E-state index in [9.17, 15) is 4.79 Å². The van der Waals surface area contributed by atoms with Gasteiger partial charge in [0.25, 0.3) is 0 Å². The minimum Gasteiger partial charge on any atom is -0.352 e. The van der Waals surface area contributed by atoms with Gasteiger partial charge in [0.05, 0.1) is 18.2 Å². The molecule has 1 aliphatic heterocycles. The molecule has 2 fully saturated rings. The minimum absolute atomic E-state index is 0.111. The van der Waals surface area contributed by atoms with Gasteiger partial charge in [-0.3, -0.25) is 4.79 Å². The van der Waals surface area contributed by atoms with Crippen LogP contribution in [0.1, 0.15) is 49.4 Å². The Bertz CT molecular complexity index is 809. The van der Waals surface area contributed by atoms with E-state index in [2.05, 4.69) is 58.5 Å². The number of aryl methyl sites for hydroxylation is 1. The highest BCUT2D eigenvalue weighted by Crippen LogP contribution is 2.53. The molecule has 1 aliphatic carbocycles. The van der Waals surface area contributed by atoms with Crippen molar-refractivity contribution in [1.82, 2.24) is 15.5 Å². The molecule has 2 heterocycles. The molecule has 1 saturated carbocycles. The number of nitrogens with zero attached hydrogens (tertiary/aromatic N) is 3. The third kappa shape index (κ3) is 3.82. The molecule has 1 N–H and O–H groups in total. The van der Waals surface area contributed by atoms with Crippen LogP contribution in [0, 0.1) is 12.3 Å². The molecule has 2 aliphatic rings. The Morgan fingerprint density at radius 3 is 2.52 bits per heavy atom. The summed E-state index contributed by atoms with van der Waals surface area (Å²) in [6.45, 7) is 8.08. The van der Waals surface area contributed by atoms with Gasteiger partial charge in [-0.2, -0.15) is 5.10 Å². The van der Waals surface area contributed by atoms with Gasteiger partial charge in [-0.05, 0) is 48.9 Å². The Morgan fingerprint density at radius 2 is 1.93 bits per heavy atom. The van der Waals surface area contributed by atoms with Crippen LogP contribution in [-0.4, -0.2) is 35.2 Å². The van der Waals surface area contributed by atoms with Crippen LogP contribution in [0.15, 0.2) is 36.4 Å². The number of nitrogens with one attached hydrogen (secondary N) is 1. The first-order valence-corrected chi connectivity index (χ1v) is 9.89. The van der Waals surface area contributed by atoms with Crippen LogP contribution in [0.2, 0.25) is 0 Å². The Labute approximate surface area is 161 Å². The van der Waals surface area contributed by atoms with Crippen LogP contribution in [-0.2, 0) is 11.2 Å². The van der Waals surface area contributed by atoms with Crippen LogP contribution in [0.5, 0.6) is 0 Å². The van der Waals surface area contributed by atoms with E-state index in [0.717, 1.165) is 30.2 Å². The number of hydrogen-bond acceptors (Lipinski definition) is 4. The molecule has 2 aromatic rings. The van der Waals surface area contributed by atoms with Crippen molar-refractivity contribution in [3.05, 3.63) is 53.2 Å². The van der Waals surface area contributed by atoms with Crippen LogP contribution in [0.4, 0.5) is 5.82 Å². The van der Waals surface area contributed by atoms with Gasteiger partial charge in [-0.15, -0.1) is 5.10 Å². The first kappa shape index (κ1) is 18.0. The van der Waals surface area contributed by atoms with E-state index in [1.165, 1.54) is 18.4 Å². The Balaban J connectivity index is 1.38. The van der Waals surface area contributed by atoms with Gasteiger partial charge in [0.1, 0.15) is 0 Å². The molecule has 0 bridgehead atoms. The molecule has 1 saturated heterocycles. The third-order valence-electron chi connectivity index (χ3n) is 5.99. The zero-order valence-electron chi connectivity index (χ0n) is 16.4.